The Bertz CT molecular complexity index is 1580. The van der Waals surface area contributed by atoms with Crippen molar-refractivity contribution in [3.63, 3.8) is 0 Å². The van der Waals surface area contributed by atoms with Crippen LogP contribution in [0, 0.1) is 0 Å². The summed E-state index contributed by atoms with van der Waals surface area (Å²) in [7, 11) is 0. The fraction of sp³-hybridized carbons (Fsp3) is 0. The van der Waals surface area contributed by atoms with E-state index < -0.39 is 24.0 Å². The fourth-order valence-electron chi connectivity index (χ4n) is 4.56. The van der Waals surface area contributed by atoms with Gasteiger partial charge in [0.15, 0.2) is 0 Å². The topological polar surface area (TPSA) is 167 Å². The molecule has 10 heteroatoms. The summed E-state index contributed by atoms with van der Waals surface area (Å²) in [5.74, 6) is -2.51. The van der Waals surface area contributed by atoms with E-state index in [-0.39, 0.29) is 0 Å². The molecule has 10 nitrogen and oxygen atoms in total. The minimum atomic E-state index is -1.26. The van der Waals surface area contributed by atoms with E-state index in [1.165, 1.54) is 0 Å². The zero-order valence-electron chi connectivity index (χ0n) is 23.3. The molecule has 2 heterocycles. The summed E-state index contributed by atoms with van der Waals surface area (Å²) in [6.45, 7) is 0. The second-order valence-corrected chi connectivity index (χ2v) is 9.26. The molecule has 0 radical (unpaired) electrons. The van der Waals surface area contributed by atoms with E-state index in [0.717, 1.165) is 45.0 Å². The number of rotatable bonds is 2. The third-order valence-electron chi connectivity index (χ3n) is 6.40. The Kier molecular flexibility index (Phi) is 9.69. The summed E-state index contributed by atoms with van der Waals surface area (Å²) in [5, 5.41) is 15.6. The summed E-state index contributed by atoms with van der Waals surface area (Å²) >= 11 is 0. The van der Waals surface area contributed by atoms with Crippen molar-refractivity contribution in [2.45, 2.75) is 0 Å². The number of anilines is 4. The normalized spacial score (nSPS) is 12.0. The highest BCUT2D eigenvalue weighted by atomic mass is 16.4. The van der Waals surface area contributed by atoms with Crippen LogP contribution in [0.4, 0.5) is 32.3 Å². The van der Waals surface area contributed by atoms with Gasteiger partial charge in [-0.15, -0.1) is 0 Å². The van der Waals surface area contributed by atoms with Crippen molar-refractivity contribution >= 4 is 71.1 Å². The Morgan fingerprint density at radius 1 is 0.455 bits per heavy atom. The van der Waals surface area contributed by atoms with Crippen LogP contribution in [-0.2, 0) is 9.59 Å². The van der Waals surface area contributed by atoms with E-state index in [9.17, 15) is 19.2 Å². The van der Waals surface area contributed by atoms with Crippen molar-refractivity contribution in [2.75, 3.05) is 9.80 Å². The lowest BCUT2D eigenvalue weighted by Gasteiger charge is -2.22. The number of carboxylic acid groups (broad SMARTS) is 2. The van der Waals surface area contributed by atoms with Gasteiger partial charge < -0.3 is 21.7 Å². The average molecular weight is 589 g/mol. The molecule has 0 saturated heterocycles. The lowest BCUT2D eigenvalue weighted by molar-refractivity contribution is -0.134. The third kappa shape index (κ3) is 7.25. The molecule has 0 aliphatic carbocycles. The summed E-state index contributed by atoms with van der Waals surface area (Å²) in [5.41, 5.74) is 18.2. The minimum absolute atomic E-state index is 0.474. The van der Waals surface area contributed by atoms with E-state index in [2.05, 4.69) is 0 Å². The van der Waals surface area contributed by atoms with Gasteiger partial charge in [-0.3, -0.25) is 9.80 Å². The lowest BCUT2D eigenvalue weighted by atomic mass is 10.1. The number of fused-ring (bicyclic) bond motifs is 4. The van der Waals surface area contributed by atoms with Crippen molar-refractivity contribution in [3.8, 4) is 0 Å². The number of benzene rings is 4. The number of para-hydroxylation sites is 4. The maximum atomic E-state index is 11.8. The highest BCUT2D eigenvalue weighted by Crippen LogP contribution is 2.37. The first-order valence-electron chi connectivity index (χ1n) is 13.2. The lowest BCUT2D eigenvalue weighted by Crippen LogP contribution is -2.32. The summed E-state index contributed by atoms with van der Waals surface area (Å²) < 4.78 is 0. The maximum Gasteiger partial charge on any atom is 0.328 e. The van der Waals surface area contributed by atoms with Crippen LogP contribution in [0.15, 0.2) is 109 Å². The molecular formula is C34H28N4O6. The molecule has 220 valence electrons. The standard InChI is InChI=1S/2C15H12N2O.C4H4O4/c2*16-15(18)17-13-7-3-1-5-11(13)9-10-12-6-2-4-8-14(12)17;5-3(6)1-2-4(7)8/h2*1-10H,(H2,16,18);1-2H,(H,5,6)(H,7,8)/b;;2-1+. The van der Waals surface area contributed by atoms with Gasteiger partial charge in [0.1, 0.15) is 0 Å². The molecule has 2 aliphatic heterocycles. The minimum Gasteiger partial charge on any atom is -0.478 e. The van der Waals surface area contributed by atoms with Crippen molar-refractivity contribution in [1.29, 1.82) is 0 Å². The maximum absolute atomic E-state index is 11.8. The Balaban J connectivity index is 0.000000163. The number of hydrogen-bond donors (Lipinski definition) is 4. The molecule has 0 spiro atoms. The van der Waals surface area contributed by atoms with Crippen LogP contribution >= 0.6 is 0 Å². The van der Waals surface area contributed by atoms with Crippen molar-refractivity contribution in [1.82, 2.24) is 0 Å². The molecule has 0 unspecified atom stereocenters. The smallest absolute Gasteiger partial charge is 0.328 e. The van der Waals surface area contributed by atoms with Gasteiger partial charge in [0.2, 0.25) is 0 Å². The molecule has 0 aromatic heterocycles. The molecule has 0 bridgehead atoms. The first kappa shape index (κ1) is 30.5. The van der Waals surface area contributed by atoms with Crippen molar-refractivity contribution in [2.24, 2.45) is 11.5 Å². The second kappa shape index (κ2) is 14.0. The molecule has 4 amide bonds. The van der Waals surface area contributed by atoms with E-state index in [1.807, 2.05) is 121 Å². The Labute approximate surface area is 253 Å². The molecule has 0 atom stereocenters. The highest BCUT2D eigenvalue weighted by molar-refractivity contribution is 6.05. The molecule has 0 saturated carbocycles. The monoisotopic (exact) mass is 588 g/mol. The van der Waals surface area contributed by atoms with Gasteiger partial charge in [0, 0.05) is 12.2 Å². The van der Waals surface area contributed by atoms with Crippen molar-refractivity contribution in [3.05, 3.63) is 131 Å². The van der Waals surface area contributed by atoms with Crippen LogP contribution < -0.4 is 21.3 Å². The van der Waals surface area contributed by atoms with Gasteiger partial charge in [0.05, 0.1) is 22.7 Å². The van der Waals surface area contributed by atoms with Gasteiger partial charge in [-0.25, -0.2) is 19.2 Å². The van der Waals surface area contributed by atoms with E-state index in [0.29, 0.717) is 12.2 Å². The van der Waals surface area contributed by atoms with Gasteiger partial charge in [0.25, 0.3) is 0 Å². The highest BCUT2D eigenvalue weighted by Gasteiger charge is 2.22. The molecule has 4 aromatic rings. The second-order valence-electron chi connectivity index (χ2n) is 9.26. The first-order chi connectivity index (χ1) is 21.2. The number of carbonyl (C=O) groups is 4. The fourth-order valence-corrected chi connectivity index (χ4v) is 4.56. The number of carboxylic acids is 2. The number of nitrogens with two attached hydrogens (primary N) is 2. The van der Waals surface area contributed by atoms with Gasteiger partial charge in [-0.2, -0.15) is 0 Å². The predicted octanol–water partition coefficient (Wildman–Crippen LogP) is 6.49. The molecule has 44 heavy (non-hydrogen) atoms. The molecule has 2 aliphatic rings. The van der Waals surface area contributed by atoms with E-state index in [4.69, 9.17) is 21.7 Å². The van der Waals surface area contributed by atoms with E-state index in [1.54, 1.807) is 9.80 Å². The Morgan fingerprint density at radius 2 is 0.682 bits per heavy atom. The van der Waals surface area contributed by atoms with Crippen molar-refractivity contribution < 1.29 is 29.4 Å². The molecule has 6 rings (SSSR count). The largest absolute Gasteiger partial charge is 0.478 e. The van der Waals surface area contributed by atoms with Crippen LogP contribution in [0.25, 0.3) is 24.3 Å². The number of primary amides is 2. The quantitative estimate of drug-likeness (QED) is 0.195. The Hall–Kier alpha value is -6.42. The summed E-state index contributed by atoms with van der Waals surface area (Å²) in [4.78, 5) is 45.7. The van der Waals surface area contributed by atoms with Gasteiger partial charge >= 0.3 is 24.0 Å². The molecule has 6 N–H and O–H groups in total. The zero-order valence-corrected chi connectivity index (χ0v) is 23.3. The van der Waals surface area contributed by atoms with E-state index >= 15 is 0 Å². The zero-order chi connectivity index (χ0) is 31.6. The number of nitrogens with zero attached hydrogens (tertiary/aromatic N) is 2. The van der Waals surface area contributed by atoms with Gasteiger partial charge in [-0.05, 0) is 46.5 Å². The average Bonchev–Trinajstić information content (AvgIpc) is 3.29. The van der Waals surface area contributed by atoms with Crippen LogP contribution in [0.3, 0.4) is 0 Å². The summed E-state index contributed by atoms with van der Waals surface area (Å²) in [6, 6.07) is 29.9. The van der Waals surface area contributed by atoms with Crippen LogP contribution in [0.5, 0.6) is 0 Å². The van der Waals surface area contributed by atoms with Crippen LogP contribution in [-0.4, -0.2) is 34.2 Å². The number of hydrogen-bond acceptors (Lipinski definition) is 4. The molecule has 4 aromatic carbocycles. The molecular weight excluding hydrogens is 560 g/mol. The van der Waals surface area contributed by atoms with Crippen LogP contribution in [0.2, 0.25) is 0 Å². The van der Waals surface area contributed by atoms with Gasteiger partial charge in [-0.1, -0.05) is 97.1 Å². The number of urea groups is 2. The SMILES string of the molecule is NC(=O)N1c2ccccc2C=Cc2ccccc21.NC(=O)N1c2ccccc2C=Cc2ccccc21.O=C(O)/C=C/C(=O)O. The first-order valence-corrected chi connectivity index (χ1v) is 13.2. The molecule has 0 fully saturated rings. The number of amides is 4. The number of aliphatic carboxylic acids is 2. The third-order valence-corrected chi connectivity index (χ3v) is 6.40. The summed E-state index contributed by atoms with van der Waals surface area (Å²) in [6.07, 6.45) is 9.10. The number of carbonyl (C=O) groups excluding carboxylic acids is 2. The Morgan fingerprint density at radius 3 is 0.886 bits per heavy atom. The predicted molar refractivity (Wildman–Crippen MR) is 171 cm³/mol. The van der Waals surface area contributed by atoms with Crippen LogP contribution in [0.1, 0.15) is 22.3 Å².